The standard InChI is InChI=1S/C17H14F4N2O4/c1-9(15(24)23-11-4-2-3-5-12(11)25-16(18)19)22-10-6-7-13-14(8-10)27-17(20,21)26-13/h2-9,16,22H,1H3,(H,23,24). The van der Waals surface area contributed by atoms with Crippen molar-refractivity contribution in [1.29, 1.82) is 0 Å². The summed E-state index contributed by atoms with van der Waals surface area (Å²) >= 11 is 0. The Kier molecular flexibility index (Phi) is 4.98. The Bertz CT molecular complexity index is 847. The lowest BCUT2D eigenvalue weighted by atomic mass is 10.2. The van der Waals surface area contributed by atoms with Crippen molar-refractivity contribution < 1.29 is 36.6 Å². The lowest BCUT2D eigenvalue weighted by Gasteiger charge is -2.17. The van der Waals surface area contributed by atoms with Gasteiger partial charge in [0.05, 0.1) is 5.69 Å². The summed E-state index contributed by atoms with van der Waals surface area (Å²) in [6.45, 7) is -1.53. The molecule has 1 heterocycles. The molecular formula is C17H14F4N2O4. The fourth-order valence-corrected chi connectivity index (χ4v) is 2.36. The van der Waals surface area contributed by atoms with Gasteiger partial charge in [0.15, 0.2) is 11.5 Å². The van der Waals surface area contributed by atoms with Gasteiger partial charge in [-0.25, -0.2) is 0 Å². The van der Waals surface area contributed by atoms with Gasteiger partial charge in [-0.2, -0.15) is 8.78 Å². The zero-order valence-electron chi connectivity index (χ0n) is 13.8. The summed E-state index contributed by atoms with van der Waals surface area (Å²) in [5.41, 5.74) is 0.400. The van der Waals surface area contributed by atoms with Crippen molar-refractivity contribution in [2.24, 2.45) is 0 Å². The van der Waals surface area contributed by atoms with Crippen LogP contribution in [0.1, 0.15) is 6.92 Å². The monoisotopic (exact) mass is 386 g/mol. The molecule has 2 aromatic rings. The number of carbonyl (C=O) groups excluding carboxylic acids is 1. The van der Waals surface area contributed by atoms with E-state index in [1.807, 2.05) is 0 Å². The molecule has 10 heteroatoms. The summed E-state index contributed by atoms with van der Waals surface area (Å²) in [5.74, 6) is -1.03. The Morgan fingerprint density at radius 2 is 1.81 bits per heavy atom. The number of nitrogens with one attached hydrogen (secondary N) is 2. The van der Waals surface area contributed by atoms with Gasteiger partial charge in [0.25, 0.3) is 0 Å². The van der Waals surface area contributed by atoms with Crippen LogP contribution in [0.5, 0.6) is 17.2 Å². The van der Waals surface area contributed by atoms with Crippen molar-refractivity contribution in [2.45, 2.75) is 25.9 Å². The van der Waals surface area contributed by atoms with Crippen molar-refractivity contribution in [3.05, 3.63) is 42.5 Å². The normalized spacial score (nSPS) is 15.3. The number of para-hydroxylation sites is 2. The molecule has 2 aromatic carbocycles. The predicted molar refractivity (Wildman–Crippen MR) is 87.4 cm³/mol. The second-order valence-electron chi connectivity index (χ2n) is 5.56. The fourth-order valence-electron chi connectivity index (χ4n) is 2.36. The minimum absolute atomic E-state index is 0.0711. The van der Waals surface area contributed by atoms with Crippen LogP contribution in [0.2, 0.25) is 0 Å². The first-order chi connectivity index (χ1) is 12.7. The Morgan fingerprint density at radius 3 is 2.56 bits per heavy atom. The van der Waals surface area contributed by atoms with E-state index in [-0.39, 0.29) is 22.9 Å². The van der Waals surface area contributed by atoms with Crippen molar-refractivity contribution in [2.75, 3.05) is 10.6 Å². The summed E-state index contributed by atoms with van der Waals surface area (Å²) in [6.07, 6.45) is -3.74. The number of carbonyl (C=O) groups is 1. The van der Waals surface area contributed by atoms with Crippen molar-refractivity contribution in [3.8, 4) is 17.2 Å². The van der Waals surface area contributed by atoms with Gasteiger partial charge < -0.3 is 24.8 Å². The lowest BCUT2D eigenvalue weighted by Crippen LogP contribution is -2.32. The number of hydrogen-bond acceptors (Lipinski definition) is 5. The Labute approximate surface area is 151 Å². The zero-order valence-corrected chi connectivity index (χ0v) is 13.8. The van der Waals surface area contributed by atoms with E-state index in [1.165, 1.54) is 43.3 Å². The Hall–Kier alpha value is -3.17. The van der Waals surface area contributed by atoms with E-state index in [4.69, 9.17) is 0 Å². The lowest BCUT2D eigenvalue weighted by molar-refractivity contribution is -0.286. The molecule has 2 N–H and O–H groups in total. The van der Waals surface area contributed by atoms with E-state index in [0.717, 1.165) is 0 Å². The van der Waals surface area contributed by atoms with Gasteiger partial charge in [-0.15, -0.1) is 8.78 Å². The van der Waals surface area contributed by atoms with Crippen molar-refractivity contribution in [3.63, 3.8) is 0 Å². The van der Waals surface area contributed by atoms with E-state index in [9.17, 15) is 22.4 Å². The number of hydrogen-bond donors (Lipinski definition) is 2. The second-order valence-corrected chi connectivity index (χ2v) is 5.56. The second kappa shape index (κ2) is 7.22. The number of amides is 1. The molecule has 0 aliphatic carbocycles. The van der Waals surface area contributed by atoms with Crippen LogP contribution >= 0.6 is 0 Å². The van der Waals surface area contributed by atoms with E-state index < -0.39 is 24.9 Å². The maximum Gasteiger partial charge on any atom is 0.586 e. The van der Waals surface area contributed by atoms with Gasteiger partial charge in [0.2, 0.25) is 5.91 Å². The molecular weight excluding hydrogens is 372 g/mol. The van der Waals surface area contributed by atoms with E-state index in [2.05, 4.69) is 24.8 Å². The highest BCUT2D eigenvalue weighted by atomic mass is 19.3. The quantitative estimate of drug-likeness (QED) is 0.734. The number of fused-ring (bicyclic) bond motifs is 1. The van der Waals surface area contributed by atoms with Crippen LogP contribution in [0.25, 0.3) is 0 Å². The van der Waals surface area contributed by atoms with Crippen LogP contribution in [0.3, 0.4) is 0 Å². The van der Waals surface area contributed by atoms with Gasteiger partial charge in [0.1, 0.15) is 11.8 Å². The minimum Gasteiger partial charge on any atom is -0.433 e. The third kappa shape index (κ3) is 4.52. The largest absolute Gasteiger partial charge is 0.586 e. The van der Waals surface area contributed by atoms with Gasteiger partial charge in [-0.05, 0) is 31.2 Å². The molecule has 0 saturated carbocycles. The number of rotatable bonds is 6. The summed E-state index contributed by atoms with van der Waals surface area (Å²) in [5, 5.41) is 5.26. The molecule has 0 spiro atoms. The Balaban J connectivity index is 1.66. The molecule has 0 saturated heterocycles. The van der Waals surface area contributed by atoms with E-state index >= 15 is 0 Å². The van der Waals surface area contributed by atoms with Gasteiger partial charge in [0, 0.05) is 11.8 Å². The molecule has 27 heavy (non-hydrogen) atoms. The number of alkyl halides is 4. The van der Waals surface area contributed by atoms with Crippen LogP contribution in [-0.4, -0.2) is 24.9 Å². The molecule has 3 rings (SSSR count). The van der Waals surface area contributed by atoms with Crippen molar-refractivity contribution >= 4 is 17.3 Å². The zero-order chi connectivity index (χ0) is 19.6. The molecule has 1 amide bonds. The summed E-state index contributed by atoms with van der Waals surface area (Å²) in [7, 11) is 0. The molecule has 0 radical (unpaired) electrons. The number of halogens is 4. The van der Waals surface area contributed by atoms with E-state index in [1.54, 1.807) is 6.07 Å². The van der Waals surface area contributed by atoms with Crippen LogP contribution in [0.15, 0.2) is 42.5 Å². The summed E-state index contributed by atoms with van der Waals surface area (Å²) in [4.78, 5) is 12.3. The van der Waals surface area contributed by atoms with Gasteiger partial charge in [-0.3, -0.25) is 4.79 Å². The van der Waals surface area contributed by atoms with Crippen molar-refractivity contribution in [1.82, 2.24) is 0 Å². The third-order valence-electron chi connectivity index (χ3n) is 3.54. The van der Waals surface area contributed by atoms with Crippen LogP contribution in [-0.2, 0) is 4.79 Å². The fraction of sp³-hybridized carbons (Fsp3) is 0.235. The molecule has 1 unspecified atom stereocenters. The van der Waals surface area contributed by atoms with Gasteiger partial charge >= 0.3 is 12.9 Å². The van der Waals surface area contributed by atoms with Crippen LogP contribution in [0, 0.1) is 0 Å². The highest BCUT2D eigenvalue weighted by Crippen LogP contribution is 2.42. The molecule has 0 bridgehead atoms. The number of ether oxygens (including phenoxy) is 3. The average molecular weight is 386 g/mol. The van der Waals surface area contributed by atoms with E-state index in [0.29, 0.717) is 5.69 Å². The molecule has 6 nitrogen and oxygen atoms in total. The summed E-state index contributed by atoms with van der Waals surface area (Å²) in [6, 6.07) is 8.86. The SMILES string of the molecule is CC(Nc1ccc2c(c1)OC(F)(F)O2)C(=O)Nc1ccccc1OC(F)F. The van der Waals surface area contributed by atoms with Gasteiger partial charge in [-0.1, -0.05) is 12.1 Å². The molecule has 0 aromatic heterocycles. The topological polar surface area (TPSA) is 68.8 Å². The third-order valence-corrected chi connectivity index (χ3v) is 3.54. The smallest absolute Gasteiger partial charge is 0.433 e. The average Bonchev–Trinajstić information content (AvgIpc) is 2.89. The summed E-state index contributed by atoms with van der Waals surface area (Å²) < 4.78 is 63.9. The first kappa shape index (κ1) is 18.6. The molecule has 1 aliphatic rings. The maximum atomic E-state index is 13.0. The highest BCUT2D eigenvalue weighted by molar-refractivity contribution is 5.97. The first-order valence-electron chi connectivity index (χ1n) is 7.74. The predicted octanol–water partition coefficient (Wildman–Crippen LogP) is 4.05. The highest BCUT2D eigenvalue weighted by Gasteiger charge is 2.43. The number of anilines is 2. The van der Waals surface area contributed by atoms with Crippen LogP contribution in [0.4, 0.5) is 28.9 Å². The first-order valence-corrected chi connectivity index (χ1v) is 7.74. The minimum atomic E-state index is -3.74. The molecule has 0 fully saturated rings. The number of benzene rings is 2. The molecule has 144 valence electrons. The van der Waals surface area contributed by atoms with Crippen LogP contribution < -0.4 is 24.8 Å². The molecule has 1 aliphatic heterocycles. The Morgan fingerprint density at radius 1 is 1.11 bits per heavy atom. The maximum absolute atomic E-state index is 13.0. The molecule has 1 atom stereocenters.